The molecule has 10 heteroatoms. The molecule has 6 N–H and O–H groups in total. The molecule has 2 atom stereocenters. The van der Waals surface area contributed by atoms with Crippen LogP contribution in [0.5, 0.6) is 5.75 Å². The van der Waals surface area contributed by atoms with Crippen molar-refractivity contribution in [3.05, 3.63) is 94.3 Å². The lowest BCUT2D eigenvalue weighted by Gasteiger charge is -2.37. The van der Waals surface area contributed by atoms with Crippen LogP contribution in [0.25, 0.3) is 11.0 Å². The first-order valence-corrected chi connectivity index (χ1v) is 13.6. The summed E-state index contributed by atoms with van der Waals surface area (Å²) in [5.74, 6) is -0.367. The zero-order valence-corrected chi connectivity index (χ0v) is 23.1. The predicted molar refractivity (Wildman–Crippen MR) is 155 cm³/mol. The van der Waals surface area contributed by atoms with E-state index in [1.807, 2.05) is 62.4 Å². The first kappa shape index (κ1) is 27.9. The van der Waals surface area contributed by atoms with E-state index in [-0.39, 0.29) is 43.6 Å². The molecule has 10 nitrogen and oxygen atoms in total. The van der Waals surface area contributed by atoms with E-state index < -0.39 is 18.0 Å². The number of para-hydroxylation sites is 2. The molecule has 2 heterocycles. The van der Waals surface area contributed by atoms with Gasteiger partial charge in [0.25, 0.3) is 0 Å². The Morgan fingerprint density at radius 3 is 2.46 bits per heavy atom. The molecule has 1 unspecified atom stereocenters. The molecule has 3 amide bonds. The maximum Gasteiger partial charge on any atom is 0.243 e. The molecule has 5 rings (SSSR count). The number of rotatable bonds is 8. The first-order valence-electron chi connectivity index (χ1n) is 13.6. The fraction of sp³-hybridized carbons (Fsp3) is 0.290. The maximum absolute atomic E-state index is 13.7. The number of nitrogens with one attached hydrogen (secondary N) is 3. The normalized spacial score (nSPS) is 15.3. The van der Waals surface area contributed by atoms with Crippen LogP contribution in [0.15, 0.2) is 60.7 Å². The summed E-state index contributed by atoms with van der Waals surface area (Å²) in [6.07, 6.45) is 0.589. The summed E-state index contributed by atoms with van der Waals surface area (Å²) in [5.41, 5.74) is 12.6. The fourth-order valence-electron chi connectivity index (χ4n) is 5.42. The van der Waals surface area contributed by atoms with E-state index in [2.05, 4.69) is 20.6 Å². The Balaban J connectivity index is 1.25. The molecule has 1 aromatic heterocycles. The van der Waals surface area contributed by atoms with Gasteiger partial charge in [-0.25, -0.2) is 4.98 Å². The number of imidazole rings is 1. The van der Waals surface area contributed by atoms with Gasteiger partial charge in [-0.05, 0) is 72.4 Å². The number of phenols is 1. The molecule has 4 aromatic rings. The van der Waals surface area contributed by atoms with E-state index in [0.29, 0.717) is 12.2 Å². The molecular formula is C31H34N6O4. The Labute approximate surface area is 238 Å². The number of aromatic hydroxyl groups is 1. The van der Waals surface area contributed by atoms with E-state index in [4.69, 9.17) is 5.73 Å². The Morgan fingerprint density at radius 1 is 1.05 bits per heavy atom. The Kier molecular flexibility index (Phi) is 8.02. The third-order valence-electron chi connectivity index (χ3n) is 7.57. The summed E-state index contributed by atoms with van der Waals surface area (Å²) < 4.78 is 0. The molecule has 0 saturated carbocycles. The van der Waals surface area contributed by atoms with Gasteiger partial charge in [0.15, 0.2) is 0 Å². The van der Waals surface area contributed by atoms with E-state index in [0.717, 1.165) is 38.9 Å². The predicted octanol–water partition coefficient (Wildman–Crippen LogP) is 2.14. The minimum absolute atomic E-state index is 0.162. The molecule has 0 saturated heterocycles. The van der Waals surface area contributed by atoms with Crippen LogP contribution in [-0.2, 0) is 40.3 Å². The van der Waals surface area contributed by atoms with Gasteiger partial charge in [0.1, 0.15) is 17.6 Å². The lowest BCUT2D eigenvalue weighted by atomic mass is 9.91. The van der Waals surface area contributed by atoms with Gasteiger partial charge in [0, 0.05) is 13.0 Å². The number of aromatic nitrogens is 2. The van der Waals surface area contributed by atoms with Crippen molar-refractivity contribution >= 4 is 28.8 Å². The quantitative estimate of drug-likeness (QED) is 0.225. The fourth-order valence-corrected chi connectivity index (χ4v) is 5.42. The number of H-pyrrole nitrogens is 1. The molecule has 0 radical (unpaired) electrons. The summed E-state index contributed by atoms with van der Waals surface area (Å²) in [6.45, 7) is 3.93. The van der Waals surface area contributed by atoms with E-state index >= 15 is 0 Å². The standard InChI is InChI=1S/C31H34N6O4/c1-18-11-22(38)12-19(2)23(18)14-24(32)31(41)37-17-21-8-4-3-7-20(21)13-27(37)30(40)34-16-29(39)33-15-28-35-25-9-5-6-10-26(25)36-28/h3-12,24,27,38H,13-17,32H2,1-2H3,(H,33,39)(H,34,40)(H,35,36)/t24-,27?/m0/s1. The van der Waals surface area contributed by atoms with Crippen LogP contribution in [-0.4, -0.2) is 56.3 Å². The Hall–Kier alpha value is -4.70. The second kappa shape index (κ2) is 11.8. The highest BCUT2D eigenvalue weighted by Crippen LogP contribution is 2.26. The van der Waals surface area contributed by atoms with E-state index in [9.17, 15) is 19.5 Å². The summed E-state index contributed by atoms with van der Waals surface area (Å²) in [6, 6.07) is 16.9. The molecule has 1 aliphatic rings. The molecule has 3 aromatic carbocycles. The van der Waals surface area contributed by atoms with Gasteiger partial charge in [0.05, 0.1) is 30.2 Å². The van der Waals surface area contributed by atoms with Crippen molar-refractivity contribution in [2.24, 2.45) is 5.73 Å². The monoisotopic (exact) mass is 554 g/mol. The van der Waals surface area contributed by atoms with Crippen molar-refractivity contribution < 1.29 is 19.5 Å². The lowest BCUT2D eigenvalue weighted by molar-refractivity contribution is -0.143. The number of nitrogens with zero attached hydrogens (tertiary/aromatic N) is 2. The summed E-state index contributed by atoms with van der Waals surface area (Å²) >= 11 is 0. The number of hydrogen-bond donors (Lipinski definition) is 5. The Bertz CT molecular complexity index is 1560. The molecule has 0 spiro atoms. The first-order chi connectivity index (χ1) is 19.7. The number of aromatic amines is 1. The minimum atomic E-state index is -0.885. The van der Waals surface area contributed by atoms with E-state index in [1.54, 1.807) is 12.1 Å². The van der Waals surface area contributed by atoms with Crippen molar-refractivity contribution in [2.75, 3.05) is 6.54 Å². The summed E-state index contributed by atoms with van der Waals surface area (Å²) in [7, 11) is 0. The number of aryl methyl sites for hydroxylation is 2. The van der Waals surface area contributed by atoms with Gasteiger partial charge < -0.3 is 31.4 Å². The smallest absolute Gasteiger partial charge is 0.243 e. The number of hydrogen-bond acceptors (Lipinski definition) is 6. The van der Waals surface area contributed by atoms with Crippen LogP contribution in [0.1, 0.15) is 33.6 Å². The third kappa shape index (κ3) is 6.22. The van der Waals surface area contributed by atoms with Crippen molar-refractivity contribution in [2.45, 2.75) is 51.9 Å². The maximum atomic E-state index is 13.7. The molecule has 0 bridgehead atoms. The van der Waals surface area contributed by atoms with Crippen molar-refractivity contribution in [1.82, 2.24) is 25.5 Å². The van der Waals surface area contributed by atoms with Crippen LogP contribution in [0.3, 0.4) is 0 Å². The second-order valence-corrected chi connectivity index (χ2v) is 10.5. The molecule has 0 fully saturated rings. The van der Waals surface area contributed by atoms with Gasteiger partial charge in [-0.2, -0.15) is 0 Å². The number of nitrogens with two attached hydrogens (primary N) is 1. The molecule has 0 aliphatic carbocycles. The van der Waals surface area contributed by atoms with Crippen molar-refractivity contribution in [3.8, 4) is 5.75 Å². The lowest BCUT2D eigenvalue weighted by Crippen LogP contribution is -2.57. The average Bonchev–Trinajstić information content (AvgIpc) is 3.38. The van der Waals surface area contributed by atoms with Crippen LogP contribution >= 0.6 is 0 Å². The van der Waals surface area contributed by atoms with Crippen molar-refractivity contribution in [1.29, 1.82) is 0 Å². The molecule has 212 valence electrons. The van der Waals surface area contributed by atoms with E-state index in [1.165, 1.54) is 4.90 Å². The number of benzene rings is 3. The van der Waals surface area contributed by atoms with Gasteiger partial charge in [-0.15, -0.1) is 0 Å². The molecular weight excluding hydrogens is 520 g/mol. The van der Waals surface area contributed by atoms with Crippen LogP contribution < -0.4 is 16.4 Å². The zero-order valence-electron chi connectivity index (χ0n) is 23.1. The number of carbonyl (C=O) groups is 3. The highest BCUT2D eigenvalue weighted by atomic mass is 16.3. The van der Waals surface area contributed by atoms with Gasteiger partial charge in [-0.1, -0.05) is 36.4 Å². The minimum Gasteiger partial charge on any atom is -0.508 e. The SMILES string of the molecule is Cc1cc(O)cc(C)c1C[C@H](N)C(=O)N1Cc2ccccc2CC1C(=O)NCC(=O)NCc1nc2ccccc2[nH]1. The highest BCUT2D eigenvalue weighted by Gasteiger charge is 2.36. The number of phenolic OH excluding ortho intramolecular Hbond substituents is 1. The third-order valence-corrected chi connectivity index (χ3v) is 7.57. The summed E-state index contributed by atoms with van der Waals surface area (Å²) in [4.78, 5) is 48.7. The number of fused-ring (bicyclic) bond motifs is 2. The molecule has 1 aliphatic heterocycles. The number of amides is 3. The van der Waals surface area contributed by atoms with Gasteiger partial charge in [0.2, 0.25) is 17.7 Å². The Morgan fingerprint density at radius 2 is 1.73 bits per heavy atom. The van der Waals surface area contributed by atoms with Crippen LogP contribution in [0.4, 0.5) is 0 Å². The van der Waals surface area contributed by atoms with Gasteiger partial charge >= 0.3 is 0 Å². The topological polar surface area (TPSA) is 153 Å². The number of carbonyl (C=O) groups excluding carboxylic acids is 3. The van der Waals surface area contributed by atoms with Gasteiger partial charge in [-0.3, -0.25) is 14.4 Å². The highest BCUT2D eigenvalue weighted by molar-refractivity contribution is 5.92. The largest absolute Gasteiger partial charge is 0.508 e. The molecule has 41 heavy (non-hydrogen) atoms. The summed E-state index contributed by atoms with van der Waals surface area (Å²) in [5, 5.41) is 15.3. The van der Waals surface area contributed by atoms with Crippen molar-refractivity contribution in [3.63, 3.8) is 0 Å². The second-order valence-electron chi connectivity index (χ2n) is 10.5. The van der Waals surface area contributed by atoms with Crippen LogP contribution in [0.2, 0.25) is 0 Å². The average molecular weight is 555 g/mol. The zero-order chi connectivity index (χ0) is 29.1. The van der Waals surface area contributed by atoms with Crippen LogP contribution in [0, 0.1) is 13.8 Å².